The molecule has 0 radical (unpaired) electrons. The number of ether oxygens (including phenoxy) is 4. The highest BCUT2D eigenvalue weighted by Crippen LogP contribution is 2.45. The number of Topliss-reactive ketones (excluding diaryl/α,β-unsaturated/α-hetero) is 1. The standard InChI is InChI=1S/C27H26O5/c1-29-20-12-10-19(11-13-20)27-25(18-7-3-2-4-8-18)26(28)22-15-14-21(17-23(22)32-27)31-24-9-5-6-16-30-24/h2-4,7-8,10-15,17,24-25,27H,5-6,9,16H2,1H3/t24?,25-,27+/m0/s1. The summed E-state index contributed by atoms with van der Waals surface area (Å²) in [5.74, 6) is 1.55. The number of carbonyl (C=O) groups is 1. The fourth-order valence-corrected chi connectivity index (χ4v) is 4.38. The van der Waals surface area contributed by atoms with Gasteiger partial charge in [0, 0.05) is 12.5 Å². The third kappa shape index (κ3) is 4.08. The Morgan fingerprint density at radius 3 is 2.38 bits per heavy atom. The molecule has 5 rings (SSSR count). The summed E-state index contributed by atoms with van der Waals surface area (Å²) >= 11 is 0. The molecule has 3 aromatic rings. The summed E-state index contributed by atoms with van der Waals surface area (Å²) in [5, 5.41) is 0. The molecule has 0 aliphatic carbocycles. The fourth-order valence-electron chi connectivity index (χ4n) is 4.38. The van der Waals surface area contributed by atoms with E-state index in [9.17, 15) is 4.79 Å². The van der Waals surface area contributed by atoms with Crippen molar-refractivity contribution in [2.24, 2.45) is 0 Å². The van der Waals surface area contributed by atoms with Gasteiger partial charge in [0.05, 0.1) is 25.2 Å². The Bertz CT molecular complexity index is 1070. The van der Waals surface area contributed by atoms with Gasteiger partial charge in [0.15, 0.2) is 12.1 Å². The SMILES string of the molecule is COc1ccc([C@H]2Oc3cc(OC4CCCCO4)ccc3C(=O)[C@@H]2c2ccccc2)cc1. The average molecular weight is 431 g/mol. The third-order valence-corrected chi connectivity index (χ3v) is 6.07. The number of carbonyl (C=O) groups excluding carboxylic acids is 1. The lowest BCUT2D eigenvalue weighted by molar-refractivity contribution is -0.106. The number of rotatable bonds is 5. The van der Waals surface area contributed by atoms with Gasteiger partial charge >= 0.3 is 0 Å². The van der Waals surface area contributed by atoms with E-state index in [2.05, 4.69) is 0 Å². The second-order valence-electron chi connectivity index (χ2n) is 8.14. The molecule has 0 spiro atoms. The topological polar surface area (TPSA) is 54.0 Å². The minimum atomic E-state index is -0.454. The number of fused-ring (bicyclic) bond motifs is 1. The summed E-state index contributed by atoms with van der Waals surface area (Å²) in [6.45, 7) is 0.711. The van der Waals surface area contributed by atoms with Gasteiger partial charge in [-0.05, 0) is 48.2 Å². The van der Waals surface area contributed by atoms with Crippen LogP contribution in [-0.2, 0) is 4.74 Å². The minimum absolute atomic E-state index is 0.0405. The van der Waals surface area contributed by atoms with Crippen molar-refractivity contribution in [3.05, 3.63) is 89.5 Å². The maximum atomic E-state index is 13.7. The summed E-state index contributed by atoms with van der Waals surface area (Å²) in [6, 6.07) is 22.9. The van der Waals surface area contributed by atoms with Crippen LogP contribution in [0.3, 0.4) is 0 Å². The van der Waals surface area contributed by atoms with Crippen LogP contribution in [0.15, 0.2) is 72.8 Å². The second-order valence-corrected chi connectivity index (χ2v) is 8.14. The molecule has 1 unspecified atom stereocenters. The average Bonchev–Trinajstić information content (AvgIpc) is 2.85. The minimum Gasteiger partial charge on any atom is -0.497 e. The molecule has 1 fully saturated rings. The normalized spacial score (nSPS) is 22.5. The molecule has 0 amide bonds. The predicted molar refractivity (Wildman–Crippen MR) is 121 cm³/mol. The highest BCUT2D eigenvalue weighted by atomic mass is 16.7. The van der Waals surface area contributed by atoms with Crippen molar-refractivity contribution in [1.82, 2.24) is 0 Å². The Balaban J connectivity index is 1.50. The van der Waals surface area contributed by atoms with E-state index >= 15 is 0 Å². The number of hydrogen-bond acceptors (Lipinski definition) is 5. The van der Waals surface area contributed by atoms with Crippen molar-refractivity contribution in [2.45, 2.75) is 37.6 Å². The zero-order valence-corrected chi connectivity index (χ0v) is 18.0. The molecular weight excluding hydrogens is 404 g/mol. The Labute approximate surface area is 187 Å². The number of ketones is 1. The molecule has 32 heavy (non-hydrogen) atoms. The highest BCUT2D eigenvalue weighted by Gasteiger charge is 2.39. The lowest BCUT2D eigenvalue weighted by Crippen LogP contribution is -2.30. The predicted octanol–water partition coefficient (Wildman–Crippen LogP) is 5.70. The van der Waals surface area contributed by atoms with Crippen molar-refractivity contribution >= 4 is 5.78 Å². The molecule has 5 heteroatoms. The van der Waals surface area contributed by atoms with Crippen molar-refractivity contribution in [3.63, 3.8) is 0 Å². The van der Waals surface area contributed by atoms with Crippen LogP contribution in [0.25, 0.3) is 0 Å². The van der Waals surface area contributed by atoms with Crippen LogP contribution in [0.2, 0.25) is 0 Å². The van der Waals surface area contributed by atoms with Gasteiger partial charge in [0.2, 0.25) is 0 Å². The van der Waals surface area contributed by atoms with E-state index in [0.29, 0.717) is 23.7 Å². The summed E-state index contributed by atoms with van der Waals surface area (Å²) in [6.07, 6.45) is 2.30. The van der Waals surface area contributed by atoms with Crippen LogP contribution < -0.4 is 14.2 Å². The van der Waals surface area contributed by atoms with Crippen molar-refractivity contribution < 1.29 is 23.7 Å². The molecule has 2 aliphatic rings. The fraction of sp³-hybridized carbons (Fsp3) is 0.296. The van der Waals surface area contributed by atoms with Gasteiger partial charge in [-0.2, -0.15) is 0 Å². The van der Waals surface area contributed by atoms with Crippen LogP contribution in [0.5, 0.6) is 17.2 Å². The number of hydrogen-bond donors (Lipinski definition) is 0. The Morgan fingerprint density at radius 1 is 0.875 bits per heavy atom. The zero-order chi connectivity index (χ0) is 21.9. The van der Waals surface area contributed by atoms with E-state index in [1.165, 1.54) is 0 Å². The monoisotopic (exact) mass is 430 g/mol. The van der Waals surface area contributed by atoms with Gasteiger partial charge in [-0.25, -0.2) is 0 Å². The van der Waals surface area contributed by atoms with Crippen LogP contribution in [0.1, 0.15) is 52.8 Å². The lowest BCUT2D eigenvalue weighted by Gasteiger charge is -2.33. The summed E-state index contributed by atoms with van der Waals surface area (Å²) in [5.41, 5.74) is 2.42. The molecule has 3 atom stereocenters. The van der Waals surface area contributed by atoms with E-state index < -0.39 is 12.0 Å². The molecule has 3 aromatic carbocycles. The summed E-state index contributed by atoms with van der Waals surface area (Å²) in [4.78, 5) is 13.7. The van der Waals surface area contributed by atoms with Gasteiger partial charge in [-0.1, -0.05) is 42.5 Å². The Kier molecular flexibility index (Phi) is 5.82. The molecule has 5 nitrogen and oxygen atoms in total. The smallest absolute Gasteiger partial charge is 0.199 e. The Hall–Kier alpha value is -3.31. The number of methoxy groups -OCH3 is 1. The quantitative estimate of drug-likeness (QED) is 0.520. The third-order valence-electron chi connectivity index (χ3n) is 6.07. The Morgan fingerprint density at radius 2 is 1.66 bits per heavy atom. The number of benzene rings is 3. The first kappa shape index (κ1) is 20.6. The maximum absolute atomic E-state index is 13.7. The first-order valence-electron chi connectivity index (χ1n) is 11.0. The van der Waals surface area contributed by atoms with Gasteiger partial charge in [0.25, 0.3) is 0 Å². The van der Waals surface area contributed by atoms with E-state index in [0.717, 1.165) is 36.1 Å². The van der Waals surface area contributed by atoms with Crippen LogP contribution in [-0.4, -0.2) is 25.8 Å². The van der Waals surface area contributed by atoms with E-state index in [-0.39, 0.29) is 12.1 Å². The van der Waals surface area contributed by atoms with Gasteiger partial charge in [-0.3, -0.25) is 4.79 Å². The molecule has 1 saturated heterocycles. The van der Waals surface area contributed by atoms with E-state index in [1.54, 1.807) is 13.2 Å². The van der Waals surface area contributed by atoms with Crippen molar-refractivity contribution in [1.29, 1.82) is 0 Å². The first-order valence-corrected chi connectivity index (χ1v) is 11.0. The zero-order valence-electron chi connectivity index (χ0n) is 18.0. The van der Waals surface area contributed by atoms with E-state index in [4.69, 9.17) is 18.9 Å². The van der Waals surface area contributed by atoms with Gasteiger partial charge in [-0.15, -0.1) is 0 Å². The highest BCUT2D eigenvalue weighted by molar-refractivity contribution is 6.04. The van der Waals surface area contributed by atoms with Crippen LogP contribution in [0, 0.1) is 0 Å². The van der Waals surface area contributed by atoms with Crippen LogP contribution in [0.4, 0.5) is 0 Å². The molecular formula is C27H26O5. The molecule has 0 aromatic heterocycles. The van der Waals surface area contributed by atoms with Crippen molar-refractivity contribution in [3.8, 4) is 17.2 Å². The molecule has 0 N–H and O–H groups in total. The lowest BCUT2D eigenvalue weighted by atomic mass is 9.81. The summed E-state index contributed by atoms with van der Waals surface area (Å²) < 4.78 is 23.5. The second kappa shape index (κ2) is 9.05. The maximum Gasteiger partial charge on any atom is 0.199 e. The van der Waals surface area contributed by atoms with E-state index in [1.807, 2.05) is 66.7 Å². The largest absolute Gasteiger partial charge is 0.497 e. The molecule has 2 heterocycles. The molecule has 0 bridgehead atoms. The van der Waals surface area contributed by atoms with Gasteiger partial charge < -0.3 is 18.9 Å². The van der Waals surface area contributed by atoms with Crippen molar-refractivity contribution in [2.75, 3.05) is 13.7 Å². The first-order chi connectivity index (χ1) is 15.7. The van der Waals surface area contributed by atoms with Gasteiger partial charge in [0.1, 0.15) is 23.4 Å². The molecule has 2 aliphatic heterocycles. The molecule has 164 valence electrons. The summed E-state index contributed by atoms with van der Waals surface area (Å²) in [7, 11) is 1.64. The molecule has 0 saturated carbocycles. The van der Waals surface area contributed by atoms with Crippen LogP contribution >= 0.6 is 0 Å².